The Hall–Kier alpha value is -2.20. The second kappa shape index (κ2) is 5.54. The molecule has 0 aliphatic heterocycles. The molecule has 1 aliphatic carbocycles. The molecule has 22 heavy (non-hydrogen) atoms. The molecule has 1 N–H and O–H groups in total. The quantitative estimate of drug-likeness (QED) is 0.722. The molecule has 3 aromatic rings. The molecular formula is C17H15ClN4. The van der Waals surface area contributed by atoms with E-state index in [1.807, 2.05) is 12.1 Å². The molecule has 0 fully saturated rings. The molecule has 1 unspecified atom stereocenters. The van der Waals surface area contributed by atoms with Crippen LogP contribution in [0.4, 0.5) is 5.82 Å². The van der Waals surface area contributed by atoms with Gasteiger partial charge in [0.05, 0.1) is 11.4 Å². The van der Waals surface area contributed by atoms with Gasteiger partial charge in [-0.15, -0.1) is 0 Å². The number of fused-ring (bicyclic) bond motifs is 2. The number of aryl methyl sites for hydroxylation is 1. The lowest BCUT2D eigenvalue weighted by molar-refractivity contribution is 0.599. The zero-order valence-electron chi connectivity index (χ0n) is 12.0. The molecular weight excluding hydrogens is 296 g/mol. The molecule has 2 aromatic heterocycles. The van der Waals surface area contributed by atoms with Gasteiger partial charge in [-0.1, -0.05) is 24.3 Å². The summed E-state index contributed by atoms with van der Waals surface area (Å²) < 4.78 is 0. The Kier molecular flexibility index (Phi) is 3.39. The van der Waals surface area contributed by atoms with Gasteiger partial charge in [0, 0.05) is 6.20 Å². The standard InChI is InChI=1S/C17H15ClN4/c18-17-21-15-13(8-4-10-19-15)16(22-17)20-14-9-3-6-11-5-1-2-7-12(11)14/h1-2,4-5,7-8,10,14H,3,6,9H2,(H,19,20,21,22). The van der Waals surface area contributed by atoms with Crippen LogP contribution in [0.3, 0.4) is 0 Å². The third-order valence-electron chi connectivity index (χ3n) is 4.12. The van der Waals surface area contributed by atoms with Crippen molar-refractivity contribution >= 4 is 28.5 Å². The van der Waals surface area contributed by atoms with E-state index < -0.39 is 0 Å². The van der Waals surface area contributed by atoms with Crippen molar-refractivity contribution in [3.63, 3.8) is 0 Å². The van der Waals surface area contributed by atoms with Crippen LogP contribution in [-0.4, -0.2) is 15.0 Å². The first-order chi connectivity index (χ1) is 10.8. The number of aromatic nitrogens is 3. The van der Waals surface area contributed by atoms with Crippen LogP contribution < -0.4 is 5.32 Å². The van der Waals surface area contributed by atoms with Crippen molar-refractivity contribution in [1.82, 2.24) is 15.0 Å². The summed E-state index contributed by atoms with van der Waals surface area (Å²) in [4.78, 5) is 12.8. The molecule has 0 saturated heterocycles. The fourth-order valence-corrected chi connectivity index (χ4v) is 3.28. The highest BCUT2D eigenvalue weighted by molar-refractivity contribution is 6.28. The minimum absolute atomic E-state index is 0.220. The summed E-state index contributed by atoms with van der Waals surface area (Å²) in [6, 6.07) is 12.7. The molecule has 2 heterocycles. The van der Waals surface area contributed by atoms with E-state index in [0.717, 1.165) is 24.0 Å². The summed E-state index contributed by atoms with van der Waals surface area (Å²) in [5, 5.41) is 4.66. The largest absolute Gasteiger partial charge is 0.363 e. The highest BCUT2D eigenvalue weighted by atomic mass is 35.5. The van der Waals surface area contributed by atoms with Gasteiger partial charge in [-0.2, -0.15) is 4.98 Å². The van der Waals surface area contributed by atoms with Crippen LogP contribution in [0.2, 0.25) is 5.28 Å². The summed E-state index contributed by atoms with van der Waals surface area (Å²) in [5.74, 6) is 0.754. The van der Waals surface area contributed by atoms with Gasteiger partial charge in [0.15, 0.2) is 5.65 Å². The van der Waals surface area contributed by atoms with Crippen LogP contribution >= 0.6 is 11.6 Å². The van der Waals surface area contributed by atoms with Gasteiger partial charge in [-0.25, -0.2) is 9.97 Å². The van der Waals surface area contributed by atoms with Gasteiger partial charge in [-0.3, -0.25) is 0 Å². The van der Waals surface area contributed by atoms with E-state index in [1.54, 1.807) is 6.20 Å². The summed E-state index contributed by atoms with van der Waals surface area (Å²) in [6.45, 7) is 0. The van der Waals surface area contributed by atoms with Crippen molar-refractivity contribution in [2.24, 2.45) is 0 Å². The first-order valence-corrected chi connectivity index (χ1v) is 7.82. The predicted octanol–water partition coefficient (Wildman–Crippen LogP) is 4.17. The summed E-state index contributed by atoms with van der Waals surface area (Å²) in [7, 11) is 0. The topological polar surface area (TPSA) is 50.7 Å². The van der Waals surface area contributed by atoms with Gasteiger partial charge in [0.2, 0.25) is 5.28 Å². The predicted molar refractivity (Wildman–Crippen MR) is 88.1 cm³/mol. The SMILES string of the molecule is Clc1nc(NC2CCCc3ccccc32)c2cccnc2n1. The van der Waals surface area contributed by atoms with Crippen LogP contribution in [0.5, 0.6) is 0 Å². The van der Waals surface area contributed by atoms with E-state index >= 15 is 0 Å². The van der Waals surface area contributed by atoms with Gasteiger partial charge < -0.3 is 5.32 Å². The number of hydrogen-bond acceptors (Lipinski definition) is 4. The molecule has 110 valence electrons. The van der Waals surface area contributed by atoms with E-state index in [2.05, 4.69) is 44.5 Å². The maximum absolute atomic E-state index is 6.04. The summed E-state index contributed by atoms with van der Waals surface area (Å²) in [6.07, 6.45) is 5.11. The molecule has 4 nitrogen and oxygen atoms in total. The van der Waals surface area contributed by atoms with Gasteiger partial charge in [0.25, 0.3) is 0 Å². The molecule has 0 saturated carbocycles. The number of hydrogen-bond donors (Lipinski definition) is 1. The van der Waals surface area contributed by atoms with Crippen molar-refractivity contribution < 1.29 is 0 Å². The van der Waals surface area contributed by atoms with Crippen molar-refractivity contribution in [2.45, 2.75) is 25.3 Å². The Morgan fingerprint density at radius 3 is 2.95 bits per heavy atom. The molecule has 0 bridgehead atoms. The molecule has 1 aromatic carbocycles. The van der Waals surface area contributed by atoms with Crippen LogP contribution in [-0.2, 0) is 6.42 Å². The molecule has 4 rings (SSSR count). The normalized spacial score (nSPS) is 17.2. The van der Waals surface area contributed by atoms with E-state index in [1.165, 1.54) is 17.5 Å². The van der Waals surface area contributed by atoms with Crippen LogP contribution in [0, 0.1) is 0 Å². The zero-order chi connectivity index (χ0) is 14.9. The Labute approximate surface area is 133 Å². The minimum Gasteiger partial charge on any atom is -0.363 e. The van der Waals surface area contributed by atoms with Crippen LogP contribution in [0.1, 0.15) is 30.0 Å². The monoisotopic (exact) mass is 310 g/mol. The lowest BCUT2D eigenvalue weighted by Crippen LogP contribution is -2.18. The van der Waals surface area contributed by atoms with Crippen molar-refractivity contribution in [3.05, 3.63) is 59.0 Å². The van der Waals surface area contributed by atoms with Gasteiger partial charge in [-0.05, 0) is 54.1 Å². The Morgan fingerprint density at radius 1 is 1.09 bits per heavy atom. The van der Waals surface area contributed by atoms with Crippen molar-refractivity contribution in [2.75, 3.05) is 5.32 Å². The first-order valence-electron chi connectivity index (χ1n) is 7.44. The summed E-state index contributed by atoms with van der Waals surface area (Å²) >= 11 is 6.04. The highest BCUT2D eigenvalue weighted by Gasteiger charge is 2.21. The van der Waals surface area contributed by atoms with Crippen molar-refractivity contribution in [3.8, 4) is 0 Å². The molecule has 1 atom stereocenters. The third-order valence-corrected chi connectivity index (χ3v) is 4.29. The van der Waals surface area contributed by atoms with Crippen LogP contribution in [0.25, 0.3) is 11.0 Å². The first kappa shape index (κ1) is 13.5. The van der Waals surface area contributed by atoms with E-state index in [9.17, 15) is 0 Å². The number of nitrogens with one attached hydrogen (secondary N) is 1. The average Bonchev–Trinajstić information content (AvgIpc) is 2.55. The highest BCUT2D eigenvalue weighted by Crippen LogP contribution is 2.33. The van der Waals surface area contributed by atoms with Gasteiger partial charge in [0.1, 0.15) is 5.82 Å². The van der Waals surface area contributed by atoms with E-state index in [0.29, 0.717) is 5.65 Å². The lowest BCUT2D eigenvalue weighted by atomic mass is 9.88. The van der Waals surface area contributed by atoms with E-state index in [4.69, 9.17) is 11.6 Å². The zero-order valence-corrected chi connectivity index (χ0v) is 12.7. The molecule has 0 amide bonds. The number of pyridine rings is 1. The maximum atomic E-state index is 6.04. The Bertz CT molecular complexity index is 834. The molecule has 1 aliphatic rings. The fourth-order valence-electron chi connectivity index (χ4n) is 3.11. The fraction of sp³-hybridized carbons (Fsp3) is 0.235. The van der Waals surface area contributed by atoms with E-state index in [-0.39, 0.29) is 11.3 Å². The lowest BCUT2D eigenvalue weighted by Gasteiger charge is -2.27. The van der Waals surface area contributed by atoms with Crippen LogP contribution in [0.15, 0.2) is 42.6 Å². The number of rotatable bonds is 2. The molecule has 0 radical (unpaired) electrons. The number of benzene rings is 1. The summed E-state index contributed by atoms with van der Waals surface area (Å²) in [5.41, 5.74) is 3.38. The molecule has 0 spiro atoms. The maximum Gasteiger partial charge on any atom is 0.226 e. The second-order valence-electron chi connectivity index (χ2n) is 5.50. The van der Waals surface area contributed by atoms with Crippen molar-refractivity contribution in [1.29, 1.82) is 0 Å². The third kappa shape index (κ3) is 2.40. The average molecular weight is 311 g/mol. The number of nitrogens with zero attached hydrogens (tertiary/aromatic N) is 3. The number of anilines is 1. The minimum atomic E-state index is 0.220. The Balaban J connectivity index is 1.76. The smallest absolute Gasteiger partial charge is 0.226 e. The molecule has 5 heteroatoms. The van der Waals surface area contributed by atoms with Gasteiger partial charge >= 0.3 is 0 Å². The second-order valence-corrected chi connectivity index (χ2v) is 5.84. The number of halogens is 1. The Morgan fingerprint density at radius 2 is 2.00 bits per heavy atom.